The van der Waals surface area contributed by atoms with Crippen LogP contribution in [0.4, 0.5) is 0 Å². The molecule has 0 N–H and O–H groups in total. The van der Waals surface area contributed by atoms with Gasteiger partial charge in [-0.2, -0.15) is 0 Å². The van der Waals surface area contributed by atoms with Crippen LogP contribution in [0.1, 0.15) is 25.7 Å². The van der Waals surface area contributed by atoms with Crippen LogP contribution in [0.15, 0.2) is 5.16 Å². The molecular formula is C9H10ClNO2. The molecule has 0 aromatic heterocycles. The van der Waals surface area contributed by atoms with Crippen LogP contribution in [-0.4, -0.2) is 17.1 Å². The smallest absolute Gasteiger partial charge is 0.305 e. The lowest BCUT2D eigenvalue weighted by Gasteiger charge is -2.16. The third-order valence-corrected chi connectivity index (χ3v) is 2.34. The molecule has 4 heteroatoms. The maximum atomic E-state index is 10.6. The van der Waals surface area contributed by atoms with Crippen LogP contribution in [0.25, 0.3) is 0 Å². The van der Waals surface area contributed by atoms with Gasteiger partial charge in [-0.15, -0.1) is 18.0 Å². The molecule has 0 heterocycles. The minimum absolute atomic E-state index is 0.112. The maximum Gasteiger partial charge on any atom is 0.410 e. The summed E-state index contributed by atoms with van der Waals surface area (Å²) in [5, 5.41) is 3.52. The van der Waals surface area contributed by atoms with Gasteiger partial charge in [0.25, 0.3) is 0 Å². The number of terminal acetylenes is 1. The second-order valence-corrected chi connectivity index (χ2v) is 3.35. The Balaban J connectivity index is 2.49. The molecule has 1 aliphatic carbocycles. The van der Waals surface area contributed by atoms with Crippen molar-refractivity contribution in [3.63, 3.8) is 0 Å². The maximum absolute atomic E-state index is 10.6. The van der Waals surface area contributed by atoms with Gasteiger partial charge in [0.05, 0.1) is 11.1 Å². The number of nitrogens with zero attached hydrogens (tertiary/aromatic N) is 1. The normalized spacial score (nSPS) is 25.2. The highest BCUT2D eigenvalue weighted by Gasteiger charge is 2.18. The quantitative estimate of drug-likeness (QED) is 0.279. The van der Waals surface area contributed by atoms with Crippen molar-refractivity contribution in [2.24, 2.45) is 5.16 Å². The van der Waals surface area contributed by atoms with Crippen LogP contribution in [0.5, 0.6) is 0 Å². The summed E-state index contributed by atoms with van der Waals surface area (Å²) in [6.45, 7) is 0. The van der Waals surface area contributed by atoms with Crippen LogP contribution in [0, 0.1) is 12.3 Å². The number of hydrogen-bond donors (Lipinski definition) is 0. The molecule has 0 spiro atoms. The summed E-state index contributed by atoms with van der Waals surface area (Å²) in [5.41, 5.74) is 0.719. The molecule has 0 amide bonds. The van der Waals surface area contributed by atoms with E-state index < -0.39 is 5.97 Å². The first kappa shape index (κ1) is 10.1. The van der Waals surface area contributed by atoms with E-state index in [0.29, 0.717) is 0 Å². The Hall–Kier alpha value is -1.01. The Morgan fingerprint density at radius 2 is 2.46 bits per heavy atom. The van der Waals surface area contributed by atoms with E-state index in [2.05, 4.69) is 9.99 Å². The second-order valence-electron chi connectivity index (χ2n) is 2.82. The molecule has 70 valence electrons. The molecule has 0 bridgehead atoms. The van der Waals surface area contributed by atoms with E-state index in [-0.39, 0.29) is 5.38 Å². The fraction of sp³-hybridized carbons (Fsp3) is 0.556. The van der Waals surface area contributed by atoms with Crippen molar-refractivity contribution in [2.45, 2.75) is 31.1 Å². The minimum atomic E-state index is -0.776. The highest BCUT2D eigenvalue weighted by molar-refractivity contribution is 6.32. The van der Waals surface area contributed by atoms with Crippen molar-refractivity contribution in [2.75, 3.05) is 0 Å². The molecule has 1 saturated carbocycles. The van der Waals surface area contributed by atoms with Gasteiger partial charge in [0, 0.05) is 5.92 Å². The summed E-state index contributed by atoms with van der Waals surface area (Å²) >= 11 is 5.94. The first-order chi connectivity index (χ1) is 6.24. The lowest BCUT2D eigenvalue weighted by Crippen LogP contribution is -2.20. The zero-order chi connectivity index (χ0) is 9.68. The van der Waals surface area contributed by atoms with E-state index in [1.807, 2.05) is 5.92 Å². The number of oxime groups is 1. The van der Waals surface area contributed by atoms with Gasteiger partial charge in [-0.1, -0.05) is 11.6 Å². The van der Waals surface area contributed by atoms with Gasteiger partial charge in [0.2, 0.25) is 0 Å². The predicted octanol–water partition coefficient (Wildman–Crippen LogP) is 1.70. The highest BCUT2D eigenvalue weighted by atomic mass is 35.5. The molecule has 0 aliphatic heterocycles. The minimum Gasteiger partial charge on any atom is -0.305 e. The Morgan fingerprint density at radius 3 is 3.08 bits per heavy atom. The lowest BCUT2D eigenvalue weighted by molar-refractivity contribution is -0.136. The third-order valence-electron chi connectivity index (χ3n) is 1.87. The number of hydrogen-bond acceptors (Lipinski definition) is 3. The number of halogens is 1. The molecular weight excluding hydrogens is 190 g/mol. The molecule has 0 radical (unpaired) electrons. The monoisotopic (exact) mass is 199 g/mol. The standard InChI is InChI=1S/C9H10ClNO2/c1-2-9(12)13-11-8-6-4-3-5-7(8)10/h1,7H,3-6H2. The Bertz CT molecular complexity index is 267. The first-order valence-corrected chi connectivity index (χ1v) is 4.56. The molecule has 1 fully saturated rings. The molecule has 1 atom stereocenters. The average molecular weight is 200 g/mol. The third kappa shape index (κ3) is 3.08. The fourth-order valence-corrected chi connectivity index (χ4v) is 1.49. The van der Waals surface area contributed by atoms with E-state index in [4.69, 9.17) is 18.0 Å². The largest absolute Gasteiger partial charge is 0.410 e. The molecule has 3 nitrogen and oxygen atoms in total. The highest BCUT2D eigenvalue weighted by Crippen LogP contribution is 2.20. The Kier molecular flexibility index (Phi) is 3.78. The van der Waals surface area contributed by atoms with E-state index in [1.165, 1.54) is 0 Å². The van der Waals surface area contributed by atoms with Crippen LogP contribution in [0.3, 0.4) is 0 Å². The summed E-state index contributed by atoms with van der Waals surface area (Å²) in [5.74, 6) is 1.03. The molecule has 0 aromatic rings. The lowest BCUT2D eigenvalue weighted by atomic mass is 9.98. The first-order valence-electron chi connectivity index (χ1n) is 4.12. The van der Waals surface area contributed by atoms with E-state index in [0.717, 1.165) is 31.4 Å². The molecule has 1 unspecified atom stereocenters. The molecule has 13 heavy (non-hydrogen) atoms. The predicted molar refractivity (Wildman–Crippen MR) is 50.5 cm³/mol. The average Bonchev–Trinajstić information content (AvgIpc) is 2.16. The van der Waals surface area contributed by atoms with Gasteiger partial charge < -0.3 is 4.84 Å². The zero-order valence-corrected chi connectivity index (χ0v) is 7.88. The van der Waals surface area contributed by atoms with E-state index >= 15 is 0 Å². The SMILES string of the molecule is C#CC(=O)ON=C1CCCCC1Cl. The van der Waals surface area contributed by atoms with Crippen molar-refractivity contribution >= 4 is 23.3 Å². The van der Waals surface area contributed by atoms with Gasteiger partial charge in [-0.25, -0.2) is 4.79 Å². The summed E-state index contributed by atoms with van der Waals surface area (Å²) in [7, 11) is 0. The van der Waals surface area contributed by atoms with Gasteiger partial charge in [0.15, 0.2) is 0 Å². The van der Waals surface area contributed by atoms with Gasteiger partial charge in [-0.3, -0.25) is 0 Å². The van der Waals surface area contributed by atoms with Crippen LogP contribution in [-0.2, 0) is 9.63 Å². The summed E-state index contributed by atoms with van der Waals surface area (Å²) in [6.07, 6.45) is 8.59. The number of carbonyl (C=O) groups is 1. The Morgan fingerprint density at radius 1 is 1.69 bits per heavy atom. The van der Waals surface area contributed by atoms with Crippen LogP contribution in [0.2, 0.25) is 0 Å². The van der Waals surface area contributed by atoms with Gasteiger partial charge in [0.1, 0.15) is 0 Å². The van der Waals surface area contributed by atoms with Crippen molar-refractivity contribution in [3.05, 3.63) is 0 Å². The number of rotatable bonds is 1. The van der Waals surface area contributed by atoms with Crippen molar-refractivity contribution in [3.8, 4) is 12.3 Å². The van der Waals surface area contributed by atoms with Crippen molar-refractivity contribution < 1.29 is 9.63 Å². The number of alkyl halides is 1. The molecule has 1 aliphatic rings. The topological polar surface area (TPSA) is 38.7 Å². The summed E-state index contributed by atoms with van der Waals surface area (Å²) < 4.78 is 0. The molecule has 1 rings (SSSR count). The summed E-state index contributed by atoms with van der Waals surface area (Å²) in [4.78, 5) is 15.0. The fourth-order valence-electron chi connectivity index (χ4n) is 1.18. The van der Waals surface area contributed by atoms with Crippen LogP contribution < -0.4 is 0 Å². The van der Waals surface area contributed by atoms with Gasteiger partial charge in [-0.05, 0) is 19.3 Å². The summed E-state index contributed by atoms with van der Waals surface area (Å²) in [6, 6.07) is 0. The molecule has 0 saturated heterocycles. The van der Waals surface area contributed by atoms with E-state index in [9.17, 15) is 4.79 Å². The van der Waals surface area contributed by atoms with Crippen LogP contribution >= 0.6 is 11.6 Å². The van der Waals surface area contributed by atoms with Crippen molar-refractivity contribution in [1.82, 2.24) is 0 Å². The number of carbonyl (C=O) groups excluding carboxylic acids is 1. The Labute approximate surface area is 82.1 Å². The van der Waals surface area contributed by atoms with Gasteiger partial charge >= 0.3 is 5.97 Å². The molecule has 0 aromatic carbocycles. The second kappa shape index (κ2) is 4.88. The van der Waals surface area contributed by atoms with Crippen molar-refractivity contribution in [1.29, 1.82) is 0 Å². The zero-order valence-electron chi connectivity index (χ0n) is 7.12. The van der Waals surface area contributed by atoms with E-state index in [1.54, 1.807) is 0 Å².